The van der Waals surface area contributed by atoms with Gasteiger partial charge < -0.3 is 9.80 Å². The number of aromatic nitrogens is 1. The average molecular weight is 310 g/mol. The van der Waals surface area contributed by atoms with E-state index in [4.69, 9.17) is 11.6 Å². The fraction of sp³-hybridized carbons (Fsp3) is 0.267. The highest BCUT2D eigenvalue weighted by Crippen LogP contribution is 2.24. The Morgan fingerprint density at radius 1 is 0.952 bits per heavy atom. The first kappa shape index (κ1) is 14.1. The maximum absolute atomic E-state index is 13.9. The van der Waals surface area contributed by atoms with Gasteiger partial charge in [-0.2, -0.15) is 0 Å². The second-order valence-electron chi connectivity index (χ2n) is 4.88. The smallest absolute Gasteiger partial charge is 0.167 e. The van der Waals surface area contributed by atoms with E-state index >= 15 is 0 Å². The lowest BCUT2D eigenvalue weighted by Gasteiger charge is -2.36. The molecule has 1 aromatic carbocycles. The molecule has 1 aliphatic rings. The molecule has 0 spiro atoms. The molecule has 0 amide bonds. The summed E-state index contributed by atoms with van der Waals surface area (Å²) in [5.74, 6) is -0.365. The number of hydrogen-bond donors (Lipinski definition) is 0. The zero-order chi connectivity index (χ0) is 14.8. The second-order valence-corrected chi connectivity index (χ2v) is 5.32. The molecule has 3 nitrogen and oxygen atoms in total. The van der Waals surface area contributed by atoms with E-state index in [1.807, 2.05) is 15.9 Å². The van der Waals surface area contributed by atoms with E-state index in [1.54, 1.807) is 12.1 Å². The van der Waals surface area contributed by atoms with Crippen molar-refractivity contribution in [2.75, 3.05) is 36.0 Å². The summed E-state index contributed by atoms with van der Waals surface area (Å²) in [5, 5.41) is 0.279. The summed E-state index contributed by atoms with van der Waals surface area (Å²) in [6, 6.07) is 7.94. The first-order chi connectivity index (χ1) is 10.1. The fourth-order valence-electron chi connectivity index (χ4n) is 2.51. The molecule has 1 saturated heterocycles. The summed E-state index contributed by atoms with van der Waals surface area (Å²) in [6.45, 7) is 2.40. The third-order valence-electron chi connectivity index (χ3n) is 3.56. The van der Waals surface area contributed by atoms with E-state index in [9.17, 15) is 8.78 Å². The minimum Gasteiger partial charge on any atom is -0.366 e. The molecular formula is C15H14ClF2N3. The first-order valence-corrected chi connectivity index (χ1v) is 7.08. The van der Waals surface area contributed by atoms with Crippen LogP contribution < -0.4 is 9.80 Å². The molecule has 2 heterocycles. The van der Waals surface area contributed by atoms with Crippen molar-refractivity contribution < 1.29 is 8.78 Å². The third kappa shape index (κ3) is 2.93. The van der Waals surface area contributed by atoms with E-state index in [2.05, 4.69) is 4.98 Å². The number of benzene rings is 1. The number of piperazine rings is 1. The molecule has 0 N–H and O–H groups in total. The van der Waals surface area contributed by atoms with Crippen molar-refractivity contribution in [3.8, 4) is 0 Å². The Hall–Kier alpha value is -1.88. The maximum Gasteiger partial charge on any atom is 0.167 e. The van der Waals surface area contributed by atoms with E-state index < -0.39 is 5.82 Å². The lowest BCUT2D eigenvalue weighted by Crippen LogP contribution is -2.47. The van der Waals surface area contributed by atoms with Gasteiger partial charge in [0.15, 0.2) is 11.6 Å². The highest BCUT2D eigenvalue weighted by Gasteiger charge is 2.22. The lowest BCUT2D eigenvalue weighted by atomic mass is 10.2. The summed E-state index contributed by atoms with van der Waals surface area (Å²) in [4.78, 5) is 7.85. The van der Waals surface area contributed by atoms with Gasteiger partial charge in [0.2, 0.25) is 0 Å². The van der Waals surface area contributed by atoms with Crippen molar-refractivity contribution in [3.63, 3.8) is 0 Å². The molecule has 1 aromatic heterocycles. The predicted octanol–water partition coefficient (Wildman–Crippen LogP) is 3.34. The molecule has 1 fully saturated rings. The van der Waals surface area contributed by atoms with Gasteiger partial charge in [-0.25, -0.2) is 13.8 Å². The molecule has 21 heavy (non-hydrogen) atoms. The van der Waals surface area contributed by atoms with Crippen molar-refractivity contribution in [1.82, 2.24) is 4.98 Å². The van der Waals surface area contributed by atoms with Gasteiger partial charge in [-0.15, -0.1) is 0 Å². The highest BCUT2D eigenvalue weighted by molar-refractivity contribution is 6.30. The van der Waals surface area contributed by atoms with Crippen LogP contribution in [0.1, 0.15) is 0 Å². The van der Waals surface area contributed by atoms with Crippen molar-refractivity contribution in [3.05, 3.63) is 53.2 Å². The molecule has 0 saturated carbocycles. The van der Waals surface area contributed by atoms with Crippen LogP contribution in [0.4, 0.5) is 20.3 Å². The topological polar surface area (TPSA) is 19.4 Å². The molecule has 3 rings (SSSR count). The average Bonchev–Trinajstić information content (AvgIpc) is 2.48. The van der Waals surface area contributed by atoms with Gasteiger partial charge in [-0.05, 0) is 18.2 Å². The molecule has 0 atom stereocenters. The molecular weight excluding hydrogens is 296 g/mol. The van der Waals surface area contributed by atoms with Crippen LogP contribution in [-0.4, -0.2) is 31.2 Å². The molecule has 0 radical (unpaired) electrons. The van der Waals surface area contributed by atoms with Crippen LogP contribution in [0.3, 0.4) is 0 Å². The minimum atomic E-state index is -0.429. The zero-order valence-electron chi connectivity index (χ0n) is 11.3. The standard InChI is InChI=1S/C15H14ClF2N3/c16-11-9-13(18)15(19-10-11)21-7-5-20(6-8-21)14-4-2-1-3-12(14)17/h1-4,9-10H,5-8H2. The number of rotatable bonds is 2. The molecule has 1 aliphatic heterocycles. The fourth-order valence-corrected chi connectivity index (χ4v) is 2.65. The Balaban J connectivity index is 1.72. The summed E-state index contributed by atoms with van der Waals surface area (Å²) in [6.07, 6.45) is 1.43. The van der Waals surface area contributed by atoms with E-state index in [1.165, 1.54) is 18.3 Å². The number of halogens is 3. The Labute approximate surface area is 126 Å². The van der Waals surface area contributed by atoms with Crippen LogP contribution in [0.15, 0.2) is 36.5 Å². The van der Waals surface area contributed by atoms with E-state index in [-0.39, 0.29) is 10.8 Å². The van der Waals surface area contributed by atoms with Gasteiger partial charge in [-0.1, -0.05) is 23.7 Å². The largest absolute Gasteiger partial charge is 0.366 e. The van der Waals surface area contributed by atoms with Crippen LogP contribution in [-0.2, 0) is 0 Å². The Morgan fingerprint density at radius 3 is 2.29 bits per heavy atom. The summed E-state index contributed by atoms with van der Waals surface area (Å²) < 4.78 is 27.6. The molecule has 0 aliphatic carbocycles. The molecule has 6 heteroatoms. The van der Waals surface area contributed by atoms with Crippen LogP contribution >= 0.6 is 11.6 Å². The van der Waals surface area contributed by atoms with Crippen molar-refractivity contribution in [1.29, 1.82) is 0 Å². The van der Waals surface area contributed by atoms with E-state index in [0.29, 0.717) is 37.7 Å². The second kappa shape index (κ2) is 5.85. The van der Waals surface area contributed by atoms with Crippen molar-refractivity contribution in [2.24, 2.45) is 0 Å². The number of para-hydroxylation sites is 1. The van der Waals surface area contributed by atoms with Gasteiger partial charge >= 0.3 is 0 Å². The lowest BCUT2D eigenvalue weighted by molar-refractivity contribution is 0.576. The molecule has 110 valence electrons. The summed E-state index contributed by atoms with van der Waals surface area (Å²) in [7, 11) is 0. The van der Waals surface area contributed by atoms with Crippen LogP contribution in [0.5, 0.6) is 0 Å². The van der Waals surface area contributed by atoms with Gasteiger partial charge in [0, 0.05) is 32.4 Å². The Kier molecular flexibility index (Phi) is 3.92. The molecule has 2 aromatic rings. The number of anilines is 2. The monoisotopic (exact) mass is 309 g/mol. The molecule has 0 unspecified atom stereocenters. The summed E-state index contributed by atoms with van der Waals surface area (Å²) in [5.41, 5.74) is 0.585. The van der Waals surface area contributed by atoms with Gasteiger partial charge in [-0.3, -0.25) is 0 Å². The van der Waals surface area contributed by atoms with Crippen molar-refractivity contribution in [2.45, 2.75) is 0 Å². The normalized spacial score (nSPS) is 15.4. The first-order valence-electron chi connectivity index (χ1n) is 6.70. The van der Waals surface area contributed by atoms with Gasteiger partial charge in [0.05, 0.1) is 10.7 Å². The van der Waals surface area contributed by atoms with Gasteiger partial charge in [0.1, 0.15) is 5.82 Å². The zero-order valence-corrected chi connectivity index (χ0v) is 12.0. The highest BCUT2D eigenvalue weighted by atomic mass is 35.5. The predicted molar refractivity (Wildman–Crippen MR) is 80.0 cm³/mol. The molecule has 0 bridgehead atoms. The number of nitrogens with zero attached hydrogens (tertiary/aromatic N) is 3. The van der Waals surface area contributed by atoms with Gasteiger partial charge in [0.25, 0.3) is 0 Å². The van der Waals surface area contributed by atoms with Crippen LogP contribution in [0.2, 0.25) is 5.02 Å². The van der Waals surface area contributed by atoms with Crippen molar-refractivity contribution >= 4 is 23.1 Å². The Bertz CT molecular complexity index is 643. The van der Waals surface area contributed by atoms with E-state index in [0.717, 1.165) is 0 Å². The maximum atomic E-state index is 13.9. The quantitative estimate of drug-likeness (QED) is 0.848. The van der Waals surface area contributed by atoms with Crippen LogP contribution in [0.25, 0.3) is 0 Å². The number of pyridine rings is 1. The SMILES string of the molecule is Fc1ccccc1N1CCN(c2ncc(Cl)cc2F)CC1. The summed E-state index contributed by atoms with van der Waals surface area (Å²) >= 11 is 5.71. The van der Waals surface area contributed by atoms with Crippen LogP contribution in [0, 0.1) is 11.6 Å². The number of hydrogen-bond acceptors (Lipinski definition) is 3. The minimum absolute atomic E-state index is 0.234. The third-order valence-corrected chi connectivity index (χ3v) is 3.77. The Morgan fingerprint density at radius 2 is 1.62 bits per heavy atom.